The molecule has 0 amide bonds. The minimum atomic E-state index is -0.170. The molecular weight excluding hydrogens is 382 g/mol. The molecule has 6 heteroatoms. The minimum absolute atomic E-state index is 0.170. The molecule has 0 atom stereocenters. The van der Waals surface area contributed by atoms with E-state index in [0.717, 1.165) is 27.2 Å². The third kappa shape index (κ3) is 2.85. The number of aromatic nitrogens is 3. The van der Waals surface area contributed by atoms with E-state index in [1.165, 1.54) is 0 Å². The van der Waals surface area contributed by atoms with Crippen molar-refractivity contribution in [2.75, 3.05) is 7.11 Å². The maximum absolute atomic E-state index is 12.8. The topological polar surface area (TPSA) is 48.5 Å². The number of imidazole rings is 1. The number of hydrogen-bond acceptors (Lipinski definition) is 3. The van der Waals surface area contributed by atoms with Gasteiger partial charge < -0.3 is 9.14 Å². The van der Waals surface area contributed by atoms with Crippen LogP contribution < -0.4 is 10.3 Å². The Hall–Kier alpha value is -2.86. The van der Waals surface area contributed by atoms with Crippen molar-refractivity contribution < 1.29 is 4.74 Å². The van der Waals surface area contributed by atoms with Gasteiger partial charge in [-0.2, -0.15) is 0 Å². The number of rotatable bonds is 3. The highest BCUT2D eigenvalue weighted by Crippen LogP contribution is 2.21. The fourth-order valence-electron chi connectivity index (χ4n) is 2.69. The first-order valence-electron chi connectivity index (χ1n) is 7.66. The molecule has 2 aromatic carbocycles. The first kappa shape index (κ1) is 15.7. The summed E-state index contributed by atoms with van der Waals surface area (Å²) in [6, 6.07) is 15.2. The van der Waals surface area contributed by atoms with Gasteiger partial charge in [-0.25, -0.2) is 4.98 Å². The third-order valence-corrected chi connectivity index (χ3v) is 4.54. The fraction of sp³-hybridized carbons (Fsp3) is 0.0526. The van der Waals surface area contributed by atoms with Crippen LogP contribution in [0.4, 0.5) is 0 Å². The Labute approximate surface area is 152 Å². The Morgan fingerprint density at radius 3 is 2.40 bits per heavy atom. The molecule has 2 heterocycles. The average molecular weight is 396 g/mol. The maximum Gasteiger partial charge on any atom is 0.298 e. The molecule has 0 unspecified atom stereocenters. The molecule has 0 aliphatic heterocycles. The van der Waals surface area contributed by atoms with Crippen molar-refractivity contribution in [3.8, 4) is 22.7 Å². The quantitative estimate of drug-likeness (QED) is 0.528. The molecule has 0 saturated carbocycles. The summed E-state index contributed by atoms with van der Waals surface area (Å²) in [4.78, 5) is 17.3. The van der Waals surface area contributed by atoms with Gasteiger partial charge in [-0.05, 0) is 36.4 Å². The molecule has 0 bridgehead atoms. The predicted molar refractivity (Wildman–Crippen MR) is 100 cm³/mol. The van der Waals surface area contributed by atoms with Gasteiger partial charge >= 0.3 is 0 Å². The van der Waals surface area contributed by atoms with E-state index in [2.05, 4.69) is 20.9 Å². The lowest BCUT2D eigenvalue weighted by atomic mass is 10.2. The number of benzene rings is 2. The van der Waals surface area contributed by atoms with Crippen molar-refractivity contribution in [1.82, 2.24) is 14.0 Å². The second-order valence-corrected chi connectivity index (χ2v) is 6.45. The molecule has 0 aliphatic carbocycles. The van der Waals surface area contributed by atoms with Crippen LogP contribution in [-0.2, 0) is 0 Å². The van der Waals surface area contributed by atoms with Gasteiger partial charge in [0.2, 0.25) is 5.65 Å². The van der Waals surface area contributed by atoms with E-state index in [1.807, 2.05) is 60.9 Å². The van der Waals surface area contributed by atoms with Crippen molar-refractivity contribution in [3.05, 3.63) is 81.9 Å². The summed E-state index contributed by atoms with van der Waals surface area (Å²) in [5, 5.41) is 0. The Kier molecular flexibility index (Phi) is 3.89. The van der Waals surface area contributed by atoms with Crippen molar-refractivity contribution in [2.45, 2.75) is 0 Å². The molecule has 4 rings (SSSR count). The molecule has 0 spiro atoms. The van der Waals surface area contributed by atoms with E-state index in [0.29, 0.717) is 5.65 Å². The van der Waals surface area contributed by atoms with Crippen LogP contribution in [0, 0.1) is 0 Å². The van der Waals surface area contributed by atoms with E-state index in [9.17, 15) is 4.79 Å². The van der Waals surface area contributed by atoms with Gasteiger partial charge in [0.1, 0.15) is 5.75 Å². The van der Waals surface area contributed by atoms with Crippen LogP contribution in [0.5, 0.6) is 5.75 Å². The van der Waals surface area contributed by atoms with Crippen LogP contribution in [0.2, 0.25) is 0 Å². The number of nitrogens with zero attached hydrogens (tertiary/aromatic N) is 3. The second kappa shape index (κ2) is 6.22. The molecule has 0 saturated heterocycles. The molecule has 25 heavy (non-hydrogen) atoms. The van der Waals surface area contributed by atoms with Crippen LogP contribution in [0.25, 0.3) is 22.6 Å². The molecule has 2 aromatic heterocycles. The number of halogens is 1. The molecular formula is C19H14BrN3O2. The normalized spacial score (nSPS) is 11.0. The number of methoxy groups -OCH3 is 1. The summed E-state index contributed by atoms with van der Waals surface area (Å²) < 4.78 is 9.49. The molecule has 0 radical (unpaired) electrons. The summed E-state index contributed by atoms with van der Waals surface area (Å²) in [6.07, 6.45) is 5.43. The van der Waals surface area contributed by atoms with Gasteiger partial charge in [0.25, 0.3) is 5.56 Å². The molecule has 0 aliphatic rings. The first-order chi connectivity index (χ1) is 12.2. The van der Waals surface area contributed by atoms with Crippen LogP contribution in [0.1, 0.15) is 0 Å². The number of ether oxygens (including phenoxy) is 1. The summed E-state index contributed by atoms with van der Waals surface area (Å²) in [7, 11) is 1.61. The van der Waals surface area contributed by atoms with Crippen molar-refractivity contribution in [3.63, 3.8) is 0 Å². The fourth-order valence-corrected chi connectivity index (χ4v) is 2.95. The lowest BCUT2D eigenvalue weighted by Crippen LogP contribution is -2.19. The summed E-state index contributed by atoms with van der Waals surface area (Å²) in [5.41, 5.74) is 2.70. The van der Waals surface area contributed by atoms with E-state index in [4.69, 9.17) is 4.74 Å². The van der Waals surface area contributed by atoms with Crippen molar-refractivity contribution in [2.24, 2.45) is 0 Å². The van der Waals surface area contributed by atoms with Crippen LogP contribution in [0.15, 0.2) is 76.4 Å². The molecule has 0 fully saturated rings. The zero-order chi connectivity index (χ0) is 17.4. The van der Waals surface area contributed by atoms with E-state index in [1.54, 1.807) is 22.3 Å². The highest BCUT2D eigenvalue weighted by atomic mass is 79.9. The van der Waals surface area contributed by atoms with Gasteiger partial charge in [-0.15, -0.1) is 0 Å². The lowest BCUT2D eigenvalue weighted by Gasteiger charge is -2.06. The summed E-state index contributed by atoms with van der Waals surface area (Å²) in [6.45, 7) is 0. The average Bonchev–Trinajstić information content (AvgIpc) is 3.08. The van der Waals surface area contributed by atoms with Crippen LogP contribution >= 0.6 is 15.9 Å². The molecule has 4 aromatic rings. The van der Waals surface area contributed by atoms with Crippen molar-refractivity contribution in [1.29, 1.82) is 0 Å². The lowest BCUT2D eigenvalue weighted by molar-refractivity contribution is 0.414. The Bertz CT molecular complexity index is 1100. The predicted octanol–water partition coefficient (Wildman–Crippen LogP) is 3.92. The second-order valence-electron chi connectivity index (χ2n) is 5.54. The van der Waals surface area contributed by atoms with E-state index in [-0.39, 0.29) is 5.56 Å². The maximum atomic E-state index is 12.8. The Morgan fingerprint density at radius 2 is 1.72 bits per heavy atom. The van der Waals surface area contributed by atoms with Crippen LogP contribution in [-0.4, -0.2) is 21.1 Å². The third-order valence-electron chi connectivity index (χ3n) is 4.01. The Balaban J connectivity index is 1.82. The number of fused-ring (bicyclic) bond motifs is 1. The van der Waals surface area contributed by atoms with Gasteiger partial charge in [0.15, 0.2) is 0 Å². The van der Waals surface area contributed by atoms with Gasteiger partial charge in [0.05, 0.1) is 12.8 Å². The Morgan fingerprint density at radius 1 is 1.00 bits per heavy atom. The smallest absolute Gasteiger partial charge is 0.298 e. The largest absolute Gasteiger partial charge is 0.497 e. The van der Waals surface area contributed by atoms with Gasteiger partial charge in [0, 0.05) is 34.3 Å². The standard InChI is InChI=1S/C19H14BrN3O2/c1-25-16-8-6-15(7-9-16)23-11-10-22-12-17(21-18(22)19(23)24)13-2-4-14(20)5-3-13/h2-12H,1H3. The zero-order valence-corrected chi connectivity index (χ0v) is 15.0. The summed E-state index contributed by atoms with van der Waals surface area (Å²) >= 11 is 3.42. The zero-order valence-electron chi connectivity index (χ0n) is 13.4. The molecule has 0 N–H and O–H groups in total. The SMILES string of the molecule is COc1ccc(-n2ccn3cc(-c4ccc(Br)cc4)nc3c2=O)cc1. The van der Waals surface area contributed by atoms with Gasteiger partial charge in [-0.1, -0.05) is 28.1 Å². The van der Waals surface area contributed by atoms with Crippen molar-refractivity contribution >= 4 is 21.6 Å². The highest BCUT2D eigenvalue weighted by Gasteiger charge is 2.10. The number of hydrogen-bond donors (Lipinski definition) is 0. The summed E-state index contributed by atoms with van der Waals surface area (Å²) in [5.74, 6) is 0.746. The minimum Gasteiger partial charge on any atom is -0.497 e. The molecule has 5 nitrogen and oxygen atoms in total. The van der Waals surface area contributed by atoms with Crippen LogP contribution in [0.3, 0.4) is 0 Å². The molecule has 124 valence electrons. The van der Waals surface area contributed by atoms with E-state index < -0.39 is 0 Å². The van der Waals surface area contributed by atoms with E-state index >= 15 is 0 Å². The monoisotopic (exact) mass is 395 g/mol. The highest BCUT2D eigenvalue weighted by molar-refractivity contribution is 9.10. The van der Waals surface area contributed by atoms with Gasteiger partial charge in [-0.3, -0.25) is 9.36 Å². The first-order valence-corrected chi connectivity index (χ1v) is 8.46.